The van der Waals surface area contributed by atoms with Crippen molar-refractivity contribution < 1.29 is 9.13 Å². The van der Waals surface area contributed by atoms with Gasteiger partial charge in [0, 0.05) is 12.6 Å². The highest BCUT2D eigenvalue weighted by molar-refractivity contribution is 5.66. The molecule has 1 aliphatic rings. The van der Waals surface area contributed by atoms with Crippen LogP contribution in [0, 0.1) is 5.82 Å². The standard InChI is InChI=1S/C12H17FN2O/c1-8-6-10(4-5-16-8)15-12-3-2-9(13)7-11(12)14/h2-3,7-8,10,15H,4-6,14H2,1H3. The maximum atomic E-state index is 12.9. The molecule has 3 nitrogen and oxygen atoms in total. The molecular weight excluding hydrogens is 207 g/mol. The molecule has 1 aromatic rings. The summed E-state index contributed by atoms with van der Waals surface area (Å²) in [4.78, 5) is 0. The lowest BCUT2D eigenvalue weighted by Gasteiger charge is -2.29. The summed E-state index contributed by atoms with van der Waals surface area (Å²) in [6, 6.07) is 4.80. The number of nitrogens with two attached hydrogens (primary N) is 1. The Morgan fingerprint density at radius 3 is 3.00 bits per heavy atom. The molecule has 0 saturated carbocycles. The maximum Gasteiger partial charge on any atom is 0.125 e. The average Bonchev–Trinajstić information content (AvgIpc) is 2.22. The highest BCUT2D eigenvalue weighted by Gasteiger charge is 2.19. The lowest BCUT2D eigenvalue weighted by molar-refractivity contribution is 0.0232. The number of anilines is 2. The molecule has 1 aromatic carbocycles. The van der Waals surface area contributed by atoms with E-state index in [0.717, 1.165) is 25.1 Å². The summed E-state index contributed by atoms with van der Waals surface area (Å²) in [7, 11) is 0. The van der Waals surface area contributed by atoms with E-state index in [1.54, 1.807) is 6.07 Å². The summed E-state index contributed by atoms with van der Waals surface area (Å²) in [6.45, 7) is 2.82. The Bertz CT molecular complexity index is 370. The molecule has 0 aromatic heterocycles. The number of nitrogens with one attached hydrogen (secondary N) is 1. The monoisotopic (exact) mass is 224 g/mol. The van der Waals surface area contributed by atoms with Gasteiger partial charge in [-0.2, -0.15) is 0 Å². The van der Waals surface area contributed by atoms with Gasteiger partial charge in [-0.15, -0.1) is 0 Å². The molecule has 0 bridgehead atoms. The number of benzene rings is 1. The van der Waals surface area contributed by atoms with E-state index in [9.17, 15) is 4.39 Å². The summed E-state index contributed by atoms with van der Waals surface area (Å²) in [5, 5.41) is 3.34. The second-order valence-corrected chi connectivity index (χ2v) is 4.28. The van der Waals surface area contributed by atoms with Crippen LogP contribution in [0.2, 0.25) is 0 Å². The molecule has 1 saturated heterocycles. The number of halogens is 1. The normalized spacial score (nSPS) is 25.4. The Labute approximate surface area is 94.8 Å². The quantitative estimate of drug-likeness (QED) is 0.758. The fraction of sp³-hybridized carbons (Fsp3) is 0.500. The van der Waals surface area contributed by atoms with Gasteiger partial charge in [-0.3, -0.25) is 0 Å². The van der Waals surface area contributed by atoms with Crippen molar-refractivity contribution in [1.29, 1.82) is 0 Å². The summed E-state index contributed by atoms with van der Waals surface area (Å²) in [5.41, 5.74) is 7.00. The molecule has 1 fully saturated rings. The third-order valence-corrected chi connectivity index (χ3v) is 2.86. The Morgan fingerprint density at radius 1 is 1.50 bits per heavy atom. The zero-order valence-electron chi connectivity index (χ0n) is 9.37. The predicted octanol–water partition coefficient (Wildman–Crippen LogP) is 2.39. The molecule has 1 heterocycles. The summed E-state index contributed by atoms with van der Waals surface area (Å²) in [6.07, 6.45) is 2.19. The highest BCUT2D eigenvalue weighted by atomic mass is 19.1. The lowest BCUT2D eigenvalue weighted by Crippen LogP contribution is -2.32. The zero-order chi connectivity index (χ0) is 11.5. The topological polar surface area (TPSA) is 47.3 Å². The van der Waals surface area contributed by atoms with Crippen LogP contribution in [0.15, 0.2) is 18.2 Å². The van der Waals surface area contributed by atoms with Crippen molar-refractivity contribution in [3.05, 3.63) is 24.0 Å². The van der Waals surface area contributed by atoms with Crippen LogP contribution in [-0.4, -0.2) is 18.8 Å². The SMILES string of the molecule is CC1CC(Nc2ccc(F)cc2N)CCO1. The van der Waals surface area contributed by atoms with E-state index in [1.165, 1.54) is 12.1 Å². The number of hydrogen-bond donors (Lipinski definition) is 2. The van der Waals surface area contributed by atoms with E-state index >= 15 is 0 Å². The van der Waals surface area contributed by atoms with Crippen LogP contribution in [0.5, 0.6) is 0 Å². The molecule has 2 rings (SSSR count). The first-order chi connectivity index (χ1) is 7.65. The zero-order valence-corrected chi connectivity index (χ0v) is 9.37. The van der Waals surface area contributed by atoms with Crippen molar-refractivity contribution in [3.8, 4) is 0 Å². The van der Waals surface area contributed by atoms with Crippen molar-refractivity contribution >= 4 is 11.4 Å². The van der Waals surface area contributed by atoms with Gasteiger partial charge in [-0.05, 0) is 38.0 Å². The van der Waals surface area contributed by atoms with Crippen molar-refractivity contribution in [2.45, 2.75) is 31.9 Å². The average molecular weight is 224 g/mol. The van der Waals surface area contributed by atoms with Gasteiger partial charge in [0.1, 0.15) is 5.82 Å². The lowest BCUT2D eigenvalue weighted by atomic mass is 10.0. The van der Waals surface area contributed by atoms with Crippen molar-refractivity contribution in [2.24, 2.45) is 0 Å². The first kappa shape index (κ1) is 11.2. The van der Waals surface area contributed by atoms with Gasteiger partial charge in [0.25, 0.3) is 0 Å². The molecule has 0 aliphatic carbocycles. The maximum absolute atomic E-state index is 12.9. The molecule has 2 atom stereocenters. The van der Waals surface area contributed by atoms with Crippen LogP contribution in [-0.2, 0) is 4.74 Å². The Kier molecular flexibility index (Phi) is 3.29. The number of nitrogen functional groups attached to an aromatic ring is 1. The third kappa shape index (κ3) is 2.64. The fourth-order valence-corrected chi connectivity index (χ4v) is 2.01. The van der Waals surface area contributed by atoms with Crippen LogP contribution in [0.4, 0.5) is 15.8 Å². The van der Waals surface area contributed by atoms with Crippen molar-refractivity contribution in [3.63, 3.8) is 0 Å². The predicted molar refractivity (Wildman–Crippen MR) is 62.9 cm³/mol. The van der Waals surface area contributed by atoms with Crippen LogP contribution >= 0.6 is 0 Å². The molecule has 4 heteroatoms. The van der Waals surface area contributed by atoms with Gasteiger partial charge in [0.15, 0.2) is 0 Å². The van der Waals surface area contributed by atoms with E-state index in [1.807, 2.05) is 0 Å². The van der Waals surface area contributed by atoms with E-state index in [2.05, 4.69) is 12.2 Å². The Morgan fingerprint density at radius 2 is 2.31 bits per heavy atom. The highest BCUT2D eigenvalue weighted by Crippen LogP contribution is 2.23. The molecule has 0 spiro atoms. The summed E-state index contributed by atoms with van der Waals surface area (Å²) >= 11 is 0. The van der Waals surface area contributed by atoms with Crippen molar-refractivity contribution in [2.75, 3.05) is 17.7 Å². The second-order valence-electron chi connectivity index (χ2n) is 4.28. The number of rotatable bonds is 2. The first-order valence-electron chi connectivity index (χ1n) is 5.58. The first-order valence-corrected chi connectivity index (χ1v) is 5.58. The van der Waals surface area contributed by atoms with Crippen LogP contribution in [0.3, 0.4) is 0 Å². The van der Waals surface area contributed by atoms with Crippen LogP contribution < -0.4 is 11.1 Å². The molecule has 16 heavy (non-hydrogen) atoms. The molecule has 88 valence electrons. The van der Waals surface area contributed by atoms with E-state index in [-0.39, 0.29) is 11.9 Å². The number of hydrogen-bond acceptors (Lipinski definition) is 3. The van der Waals surface area contributed by atoms with Gasteiger partial charge < -0.3 is 15.8 Å². The van der Waals surface area contributed by atoms with E-state index < -0.39 is 0 Å². The van der Waals surface area contributed by atoms with Gasteiger partial charge in [-0.1, -0.05) is 0 Å². The minimum Gasteiger partial charge on any atom is -0.397 e. The Hall–Kier alpha value is -1.29. The van der Waals surface area contributed by atoms with Crippen LogP contribution in [0.25, 0.3) is 0 Å². The van der Waals surface area contributed by atoms with E-state index in [4.69, 9.17) is 10.5 Å². The molecule has 0 amide bonds. The Balaban J connectivity index is 2.02. The van der Waals surface area contributed by atoms with E-state index in [0.29, 0.717) is 11.7 Å². The second kappa shape index (κ2) is 4.70. The summed E-state index contributed by atoms with van der Waals surface area (Å²) < 4.78 is 18.3. The molecule has 0 radical (unpaired) electrons. The molecule has 3 N–H and O–H groups in total. The minimum atomic E-state index is -0.302. The smallest absolute Gasteiger partial charge is 0.125 e. The molecular formula is C12H17FN2O. The van der Waals surface area contributed by atoms with Gasteiger partial charge >= 0.3 is 0 Å². The van der Waals surface area contributed by atoms with Crippen LogP contribution in [0.1, 0.15) is 19.8 Å². The minimum absolute atomic E-state index is 0.271. The van der Waals surface area contributed by atoms with Gasteiger partial charge in [0.05, 0.1) is 17.5 Å². The molecule has 1 aliphatic heterocycles. The van der Waals surface area contributed by atoms with Gasteiger partial charge in [-0.25, -0.2) is 4.39 Å². The molecule has 2 unspecified atom stereocenters. The van der Waals surface area contributed by atoms with Gasteiger partial charge in [0.2, 0.25) is 0 Å². The third-order valence-electron chi connectivity index (χ3n) is 2.86. The number of ether oxygens (including phenoxy) is 1. The fourth-order valence-electron chi connectivity index (χ4n) is 2.01. The summed E-state index contributed by atoms with van der Waals surface area (Å²) in [5.74, 6) is -0.302. The largest absolute Gasteiger partial charge is 0.397 e. The van der Waals surface area contributed by atoms with Crippen molar-refractivity contribution in [1.82, 2.24) is 0 Å².